The molecule has 0 fully saturated rings. The lowest BCUT2D eigenvalue weighted by atomic mass is 10.0. The first-order valence-corrected chi connectivity index (χ1v) is 14.1. The largest absolute Gasteiger partial charge is 0.508 e. The van der Waals surface area contributed by atoms with E-state index in [1.807, 2.05) is 0 Å². The Morgan fingerprint density at radius 3 is 1.93 bits per heavy atom. The van der Waals surface area contributed by atoms with Crippen LogP contribution in [0.4, 0.5) is 0 Å². The van der Waals surface area contributed by atoms with Gasteiger partial charge in [0.25, 0.3) is 0 Å². The van der Waals surface area contributed by atoms with Crippen LogP contribution < -0.4 is 27.4 Å². The highest BCUT2D eigenvalue weighted by molar-refractivity contribution is 5.95. The van der Waals surface area contributed by atoms with E-state index in [1.165, 1.54) is 12.1 Å². The smallest absolute Gasteiger partial charge is 0.326 e. The number of amides is 4. The topological polar surface area (TPSA) is 267 Å². The lowest BCUT2D eigenvalue weighted by molar-refractivity contribution is -0.143. The summed E-state index contributed by atoms with van der Waals surface area (Å²) in [4.78, 5) is 77.3. The molecule has 0 radical (unpaired) electrons. The Balaban J connectivity index is 1.74. The van der Waals surface area contributed by atoms with Gasteiger partial charge in [0.15, 0.2) is 0 Å². The zero-order chi connectivity index (χ0) is 33.1. The lowest BCUT2D eigenvalue weighted by Gasteiger charge is -2.25. The van der Waals surface area contributed by atoms with E-state index < -0.39 is 72.6 Å². The number of aromatic hydroxyl groups is 1. The molecule has 3 rings (SSSR count). The Hall–Kier alpha value is -5.44. The quantitative estimate of drug-likeness (QED) is 0.0942. The average Bonchev–Trinajstić information content (AvgIpc) is 3.40. The van der Waals surface area contributed by atoms with E-state index in [-0.39, 0.29) is 31.4 Å². The summed E-state index contributed by atoms with van der Waals surface area (Å²) in [6.07, 6.45) is 0.0356. The van der Waals surface area contributed by atoms with E-state index >= 15 is 0 Å². The number of primary amides is 1. The van der Waals surface area contributed by atoms with E-state index in [0.29, 0.717) is 11.1 Å². The minimum atomic E-state index is -1.50. The van der Waals surface area contributed by atoms with Gasteiger partial charge in [0.05, 0.1) is 6.04 Å². The van der Waals surface area contributed by atoms with Crippen molar-refractivity contribution in [3.8, 4) is 5.75 Å². The number of carboxylic acid groups (broad SMARTS) is 2. The summed E-state index contributed by atoms with van der Waals surface area (Å²) >= 11 is 0. The molecule has 4 unspecified atom stereocenters. The maximum Gasteiger partial charge on any atom is 0.326 e. The maximum absolute atomic E-state index is 13.3. The number of phenols is 1. The Bertz CT molecular complexity index is 1540. The highest BCUT2D eigenvalue weighted by Crippen LogP contribution is 2.19. The fourth-order valence-electron chi connectivity index (χ4n) is 4.61. The van der Waals surface area contributed by atoms with Gasteiger partial charge in [0.2, 0.25) is 23.6 Å². The highest BCUT2D eigenvalue weighted by atomic mass is 16.4. The van der Waals surface area contributed by atoms with Gasteiger partial charge in [-0.3, -0.25) is 24.0 Å². The summed E-state index contributed by atoms with van der Waals surface area (Å²) in [5, 5.41) is 36.4. The van der Waals surface area contributed by atoms with Crippen molar-refractivity contribution in [3.05, 3.63) is 65.9 Å². The molecule has 4 atom stereocenters. The van der Waals surface area contributed by atoms with Gasteiger partial charge in [-0.25, -0.2) is 4.79 Å². The monoisotopic (exact) mass is 624 g/mol. The molecule has 15 heteroatoms. The summed E-state index contributed by atoms with van der Waals surface area (Å²) in [6.45, 7) is 0. The first-order chi connectivity index (χ1) is 21.3. The summed E-state index contributed by atoms with van der Waals surface area (Å²) in [5.41, 5.74) is 13.2. The molecule has 1 aromatic heterocycles. The van der Waals surface area contributed by atoms with E-state index in [0.717, 1.165) is 10.9 Å². The number of H-pyrrole nitrogens is 1. The molecule has 15 nitrogen and oxygen atoms in total. The molecule has 3 aromatic rings. The zero-order valence-corrected chi connectivity index (χ0v) is 24.2. The standard InChI is InChI=1S/C30H36N6O9/c31-20(13-16-5-7-18(37)8-6-16)27(41)34-22(9-11-25(32)38)28(42)35-23(10-12-26(39)40)29(43)36-24(30(44)45)14-17-15-33-21-4-2-1-3-19(17)21/h1-8,15,20,22-24,33,37H,9-14,31H2,(H2,32,38)(H,34,41)(H,35,42)(H,36,43)(H,39,40)(H,44,45). The van der Waals surface area contributed by atoms with E-state index in [2.05, 4.69) is 20.9 Å². The second-order valence-corrected chi connectivity index (χ2v) is 10.5. The molecule has 4 amide bonds. The maximum atomic E-state index is 13.3. The van der Waals surface area contributed by atoms with Crippen molar-refractivity contribution in [3.63, 3.8) is 0 Å². The third kappa shape index (κ3) is 10.4. The van der Waals surface area contributed by atoms with Gasteiger partial charge in [-0.1, -0.05) is 30.3 Å². The van der Waals surface area contributed by atoms with Gasteiger partial charge >= 0.3 is 11.9 Å². The number of nitrogens with one attached hydrogen (secondary N) is 4. The van der Waals surface area contributed by atoms with Crippen LogP contribution in [0.1, 0.15) is 36.8 Å². The summed E-state index contributed by atoms with van der Waals surface area (Å²) in [7, 11) is 0. The highest BCUT2D eigenvalue weighted by Gasteiger charge is 2.31. The van der Waals surface area contributed by atoms with Crippen molar-refractivity contribution in [2.45, 2.75) is 62.7 Å². The molecule has 0 aliphatic carbocycles. The van der Waals surface area contributed by atoms with Gasteiger partial charge in [-0.05, 0) is 48.6 Å². The van der Waals surface area contributed by atoms with Gasteiger partial charge < -0.3 is 47.7 Å². The third-order valence-corrected chi connectivity index (χ3v) is 7.03. The van der Waals surface area contributed by atoms with Crippen molar-refractivity contribution in [1.82, 2.24) is 20.9 Å². The number of carboxylic acids is 2. The van der Waals surface area contributed by atoms with Gasteiger partial charge in [-0.2, -0.15) is 0 Å². The van der Waals surface area contributed by atoms with E-state index in [1.54, 1.807) is 42.6 Å². The van der Waals surface area contributed by atoms with Crippen LogP contribution in [0.15, 0.2) is 54.7 Å². The molecule has 45 heavy (non-hydrogen) atoms. The molecule has 2 aromatic carbocycles. The van der Waals surface area contributed by atoms with Crippen LogP contribution in [0.3, 0.4) is 0 Å². The number of hydrogen-bond acceptors (Lipinski definition) is 8. The average molecular weight is 625 g/mol. The molecule has 0 saturated heterocycles. The SMILES string of the molecule is NC(=O)CCC(NC(=O)C(N)Cc1ccc(O)cc1)C(=O)NC(CCC(=O)O)C(=O)NC(Cc1c[nH]c2ccccc12)C(=O)O. The zero-order valence-electron chi connectivity index (χ0n) is 24.2. The number of rotatable bonds is 17. The Morgan fingerprint density at radius 1 is 0.756 bits per heavy atom. The van der Waals surface area contributed by atoms with Gasteiger partial charge in [0.1, 0.15) is 23.9 Å². The molecular weight excluding hydrogens is 588 g/mol. The van der Waals surface area contributed by atoms with Crippen LogP contribution in [0.25, 0.3) is 10.9 Å². The number of aromatic nitrogens is 1. The van der Waals surface area contributed by atoms with E-state index in [4.69, 9.17) is 11.5 Å². The number of fused-ring (bicyclic) bond motifs is 1. The minimum absolute atomic E-state index is 0.0223. The third-order valence-electron chi connectivity index (χ3n) is 7.03. The van der Waals surface area contributed by atoms with E-state index in [9.17, 15) is 44.1 Å². The van der Waals surface area contributed by atoms with Crippen molar-refractivity contribution < 1.29 is 44.1 Å². The van der Waals surface area contributed by atoms with Crippen LogP contribution in [-0.4, -0.2) is 80.0 Å². The van der Waals surface area contributed by atoms with Gasteiger partial charge in [0, 0.05) is 36.4 Å². The molecule has 0 spiro atoms. The fourth-order valence-corrected chi connectivity index (χ4v) is 4.61. The molecule has 11 N–H and O–H groups in total. The van der Waals surface area contributed by atoms with Crippen molar-refractivity contribution >= 4 is 46.5 Å². The molecule has 240 valence electrons. The molecule has 0 aliphatic heterocycles. The molecule has 0 saturated carbocycles. The number of aromatic amines is 1. The fraction of sp³-hybridized carbons (Fsp3) is 0.333. The van der Waals surface area contributed by atoms with Gasteiger partial charge in [-0.15, -0.1) is 0 Å². The lowest BCUT2D eigenvalue weighted by Crippen LogP contribution is -2.57. The number of hydrogen-bond donors (Lipinski definition) is 9. The first-order valence-electron chi connectivity index (χ1n) is 14.1. The Morgan fingerprint density at radius 2 is 1.33 bits per heavy atom. The predicted molar refractivity (Wildman–Crippen MR) is 161 cm³/mol. The molecule has 0 aliphatic rings. The van der Waals surface area contributed by atoms with Crippen LogP contribution in [0, 0.1) is 0 Å². The first kappa shape index (κ1) is 34.1. The number of phenolic OH excluding ortho intramolecular Hbond substituents is 1. The summed E-state index contributed by atoms with van der Waals surface area (Å²) in [5.74, 6) is -6.02. The van der Waals surface area contributed by atoms with Crippen molar-refractivity contribution in [1.29, 1.82) is 0 Å². The van der Waals surface area contributed by atoms with Crippen LogP contribution in [0.5, 0.6) is 5.75 Å². The minimum Gasteiger partial charge on any atom is -0.508 e. The molecule has 0 bridgehead atoms. The van der Waals surface area contributed by atoms with Crippen LogP contribution in [0.2, 0.25) is 0 Å². The number of nitrogens with two attached hydrogens (primary N) is 2. The summed E-state index contributed by atoms with van der Waals surface area (Å²) < 4.78 is 0. The second-order valence-electron chi connectivity index (χ2n) is 10.5. The van der Waals surface area contributed by atoms with Crippen molar-refractivity contribution in [2.75, 3.05) is 0 Å². The van der Waals surface area contributed by atoms with Crippen LogP contribution >= 0.6 is 0 Å². The van der Waals surface area contributed by atoms with Crippen LogP contribution in [-0.2, 0) is 41.6 Å². The summed E-state index contributed by atoms with van der Waals surface area (Å²) in [6, 6.07) is 7.68. The number of benzene rings is 2. The Labute approximate surface area is 257 Å². The predicted octanol–water partition coefficient (Wildman–Crippen LogP) is -0.345. The normalized spacial score (nSPS) is 13.6. The number of carbonyl (C=O) groups is 6. The number of carbonyl (C=O) groups excluding carboxylic acids is 4. The molecule has 1 heterocycles. The Kier molecular flexibility index (Phi) is 12.0. The second kappa shape index (κ2) is 15.9. The number of para-hydroxylation sites is 1. The number of aliphatic carboxylic acids is 2. The molecular formula is C30H36N6O9. The van der Waals surface area contributed by atoms with Crippen molar-refractivity contribution in [2.24, 2.45) is 11.5 Å².